The summed E-state index contributed by atoms with van der Waals surface area (Å²) >= 11 is 5.01. The van der Waals surface area contributed by atoms with Gasteiger partial charge in [0, 0.05) is 11.4 Å². The molecule has 1 rings (SSSR count). The molecule has 0 aliphatic rings. The van der Waals surface area contributed by atoms with E-state index in [1.54, 1.807) is 11.3 Å². The molecule has 94 valence electrons. The van der Waals surface area contributed by atoms with E-state index in [0.717, 1.165) is 10.2 Å². The normalized spacial score (nSPS) is 10.0. The molecule has 0 aliphatic carbocycles. The van der Waals surface area contributed by atoms with E-state index in [1.165, 1.54) is 4.88 Å². The summed E-state index contributed by atoms with van der Waals surface area (Å²) in [6.45, 7) is 0.435. The minimum absolute atomic E-state index is 0.0236. The average molecular weight is 320 g/mol. The van der Waals surface area contributed by atoms with Gasteiger partial charge in [0.15, 0.2) is 0 Å². The van der Waals surface area contributed by atoms with Crippen LogP contribution in [0.3, 0.4) is 0 Å². The van der Waals surface area contributed by atoms with E-state index in [9.17, 15) is 9.59 Å². The van der Waals surface area contributed by atoms with E-state index in [0.29, 0.717) is 6.54 Å². The number of hydrogen-bond donors (Lipinski definition) is 3. The maximum atomic E-state index is 11.3. The molecule has 0 bridgehead atoms. The van der Waals surface area contributed by atoms with Gasteiger partial charge in [-0.2, -0.15) is 0 Å². The van der Waals surface area contributed by atoms with Crippen molar-refractivity contribution in [1.29, 1.82) is 0 Å². The van der Waals surface area contributed by atoms with Gasteiger partial charge >= 0.3 is 0 Å². The first-order valence-electron chi connectivity index (χ1n) is 5.09. The molecule has 0 unspecified atom stereocenters. The third-order valence-electron chi connectivity index (χ3n) is 1.95. The fourth-order valence-electron chi connectivity index (χ4n) is 1.12. The molecule has 0 aromatic carbocycles. The Bertz CT molecular complexity index is 395. The molecular formula is C10H14BrN3O2S. The van der Waals surface area contributed by atoms with E-state index < -0.39 is 0 Å². The van der Waals surface area contributed by atoms with Gasteiger partial charge in [0.25, 0.3) is 0 Å². The van der Waals surface area contributed by atoms with Crippen molar-refractivity contribution in [3.63, 3.8) is 0 Å². The van der Waals surface area contributed by atoms with Gasteiger partial charge in [0.1, 0.15) is 0 Å². The van der Waals surface area contributed by atoms with Crippen LogP contribution in [0, 0.1) is 0 Å². The molecule has 4 N–H and O–H groups in total. The number of halogens is 1. The second kappa shape index (κ2) is 7.41. The van der Waals surface area contributed by atoms with E-state index >= 15 is 0 Å². The summed E-state index contributed by atoms with van der Waals surface area (Å²) in [6, 6.07) is 3.99. The first kappa shape index (κ1) is 14.1. The fraction of sp³-hybridized carbons (Fsp3) is 0.400. The van der Waals surface area contributed by atoms with Gasteiger partial charge in [-0.3, -0.25) is 9.59 Å². The van der Waals surface area contributed by atoms with Crippen LogP contribution in [0.15, 0.2) is 15.9 Å². The summed E-state index contributed by atoms with van der Waals surface area (Å²) in [4.78, 5) is 23.3. The summed E-state index contributed by atoms with van der Waals surface area (Å²) in [5, 5.41) is 5.12. The zero-order valence-corrected chi connectivity index (χ0v) is 11.6. The summed E-state index contributed by atoms with van der Waals surface area (Å²) in [5.41, 5.74) is 5.09. The van der Waals surface area contributed by atoms with Crippen LogP contribution in [0.25, 0.3) is 0 Å². The molecule has 17 heavy (non-hydrogen) atoms. The Morgan fingerprint density at radius 2 is 2.06 bits per heavy atom. The van der Waals surface area contributed by atoms with Crippen LogP contribution in [-0.2, 0) is 16.0 Å². The Kier molecular flexibility index (Phi) is 6.17. The minimum atomic E-state index is -0.331. The van der Waals surface area contributed by atoms with E-state index in [-0.39, 0.29) is 24.9 Å². The molecule has 0 saturated carbocycles. The molecule has 0 aliphatic heterocycles. The van der Waals surface area contributed by atoms with E-state index in [4.69, 9.17) is 5.73 Å². The molecule has 5 nitrogen and oxygen atoms in total. The monoisotopic (exact) mass is 319 g/mol. The van der Waals surface area contributed by atoms with Crippen LogP contribution < -0.4 is 16.4 Å². The quantitative estimate of drug-likeness (QED) is 0.702. The maximum absolute atomic E-state index is 11.3. The van der Waals surface area contributed by atoms with E-state index in [2.05, 4.69) is 26.6 Å². The van der Waals surface area contributed by atoms with Crippen LogP contribution in [0.4, 0.5) is 0 Å². The molecule has 0 saturated heterocycles. The molecule has 2 amide bonds. The van der Waals surface area contributed by atoms with Crippen molar-refractivity contribution in [3.8, 4) is 0 Å². The number of carbonyl (C=O) groups is 2. The van der Waals surface area contributed by atoms with Crippen molar-refractivity contribution in [2.45, 2.75) is 6.42 Å². The van der Waals surface area contributed by atoms with Gasteiger partial charge < -0.3 is 16.4 Å². The summed E-state index contributed by atoms with van der Waals surface area (Å²) < 4.78 is 1.08. The van der Waals surface area contributed by atoms with Crippen molar-refractivity contribution >= 4 is 39.1 Å². The highest BCUT2D eigenvalue weighted by atomic mass is 79.9. The zero-order chi connectivity index (χ0) is 12.7. The van der Waals surface area contributed by atoms with Crippen molar-refractivity contribution in [3.05, 3.63) is 20.8 Å². The zero-order valence-electron chi connectivity index (χ0n) is 9.16. The maximum Gasteiger partial charge on any atom is 0.239 e. The summed E-state index contributed by atoms with van der Waals surface area (Å²) in [6.07, 6.45) is 0.785. The number of amides is 2. The van der Waals surface area contributed by atoms with Crippen LogP contribution >= 0.6 is 27.3 Å². The van der Waals surface area contributed by atoms with Gasteiger partial charge in [0.05, 0.1) is 16.9 Å². The van der Waals surface area contributed by atoms with Gasteiger partial charge in [-0.25, -0.2) is 0 Å². The summed E-state index contributed by atoms with van der Waals surface area (Å²) in [7, 11) is 0. The second-order valence-corrected chi connectivity index (χ2v) is 5.83. The van der Waals surface area contributed by atoms with Gasteiger partial charge in [-0.15, -0.1) is 11.3 Å². The number of rotatable bonds is 6. The predicted octanol–water partition coefficient (Wildman–Crippen LogP) is 0.244. The number of nitrogens with one attached hydrogen (secondary N) is 2. The Balaban J connectivity index is 2.14. The standard InChI is InChI=1S/C10H14BrN3O2S/c11-8-2-1-7(17-8)3-4-13-10(16)6-14-9(15)5-12/h1-2H,3-6,12H2,(H,13,16)(H,14,15). The highest BCUT2D eigenvalue weighted by molar-refractivity contribution is 9.11. The van der Waals surface area contributed by atoms with Crippen LogP contribution in [0.5, 0.6) is 0 Å². The molecule has 1 aromatic heterocycles. The molecule has 0 atom stereocenters. The van der Waals surface area contributed by atoms with Crippen molar-refractivity contribution < 1.29 is 9.59 Å². The van der Waals surface area contributed by atoms with Crippen molar-refractivity contribution in [2.24, 2.45) is 5.73 Å². The minimum Gasteiger partial charge on any atom is -0.354 e. The molecule has 0 radical (unpaired) electrons. The lowest BCUT2D eigenvalue weighted by Gasteiger charge is -2.05. The number of thiophene rings is 1. The third kappa shape index (κ3) is 5.81. The molecule has 1 heterocycles. The van der Waals surface area contributed by atoms with Gasteiger partial charge in [-0.1, -0.05) is 0 Å². The Morgan fingerprint density at radius 3 is 2.65 bits per heavy atom. The molecule has 0 spiro atoms. The van der Waals surface area contributed by atoms with E-state index in [1.807, 2.05) is 12.1 Å². The largest absolute Gasteiger partial charge is 0.354 e. The Morgan fingerprint density at radius 1 is 1.29 bits per heavy atom. The molecule has 7 heteroatoms. The SMILES string of the molecule is NCC(=O)NCC(=O)NCCc1ccc(Br)s1. The van der Waals surface area contributed by atoms with Crippen LogP contribution in [0.1, 0.15) is 4.88 Å². The topological polar surface area (TPSA) is 84.2 Å². The number of nitrogens with two attached hydrogens (primary N) is 1. The molecular weight excluding hydrogens is 306 g/mol. The van der Waals surface area contributed by atoms with Gasteiger partial charge in [0.2, 0.25) is 11.8 Å². The third-order valence-corrected chi connectivity index (χ3v) is 3.64. The fourth-order valence-corrected chi connectivity index (χ4v) is 2.61. The number of carbonyl (C=O) groups excluding carboxylic acids is 2. The van der Waals surface area contributed by atoms with Crippen LogP contribution in [0.2, 0.25) is 0 Å². The first-order chi connectivity index (χ1) is 8.11. The first-order valence-corrected chi connectivity index (χ1v) is 6.70. The molecule has 0 fully saturated rings. The molecule has 1 aromatic rings. The summed E-state index contributed by atoms with van der Waals surface area (Å²) in [5.74, 6) is -0.537. The Labute approximate surface area is 112 Å². The second-order valence-electron chi connectivity index (χ2n) is 3.29. The van der Waals surface area contributed by atoms with Crippen molar-refractivity contribution in [2.75, 3.05) is 19.6 Å². The Hall–Kier alpha value is -0.920. The lowest BCUT2D eigenvalue weighted by Crippen LogP contribution is -2.39. The number of hydrogen-bond acceptors (Lipinski definition) is 4. The lowest BCUT2D eigenvalue weighted by atomic mass is 10.3. The van der Waals surface area contributed by atoms with Gasteiger partial charge in [-0.05, 0) is 34.5 Å². The van der Waals surface area contributed by atoms with Crippen LogP contribution in [-0.4, -0.2) is 31.4 Å². The predicted molar refractivity (Wildman–Crippen MR) is 70.8 cm³/mol. The smallest absolute Gasteiger partial charge is 0.239 e. The average Bonchev–Trinajstić information content (AvgIpc) is 2.72. The highest BCUT2D eigenvalue weighted by Crippen LogP contribution is 2.21. The van der Waals surface area contributed by atoms with Crippen molar-refractivity contribution in [1.82, 2.24) is 10.6 Å². The highest BCUT2D eigenvalue weighted by Gasteiger charge is 2.03. The lowest BCUT2D eigenvalue weighted by molar-refractivity contribution is -0.125.